The highest BCUT2D eigenvalue weighted by Crippen LogP contribution is 2.26. The van der Waals surface area contributed by atoms with Crippen molar-refractivity contribution in [2.45, 2.75) is 64.8 Å². The molecule has 3 atom stereocenters. The van der Waals surface area contributed by atoms with Crippen molar-refractivity contribution in [2.75, 3.05) is 26.9 Å². The number of carbonyl (C=O) groups is 2. The Balaban J connectivity index is 1.74. The Labute approximate surface area is 179 Å². The average molecular weight is 421 g/mol. The van der Waals surface area contributed by atoms with Crippen LogP contribution in [0.3, 0.4) is 0 Å². The molecular formula is C23H36N2O5. The zero-order valence-corrected chi connectivity index (χ0v) is 18.6. The Kier molecular flexibility index (Phi) is 9.27. The number of nitrogens with zero attached hydrogens (tertiary/aromatic N) is 1. The van der Waals surface area contributed by atoms with Crippen LogP contribution < -0.4 is 5.73 Å². The van der Waals surface area contributed by atoms with Gasteiger partial charge >= 0.3 is 5.97 Å². The molecule has 1 heterocycles. The van der Waals surface area contributed by atoms with Gasteiger partial charge in [-0.25, -0.2) is 4.79 Å². The first-order valence-electron chi connectivity index (χ1n) is 10.6. The molecule has 0 aromatic heterocycles. The van der Waals surface area contributed by atoms with Crippen LogP contribution in [-0.2, 0) is 30.4 Å². The van der Waals surface area contributed by atoms with E-state index in [0.29, 0.717) is 32.8 Å². The summed E-state index contributed by atoms with van der Waals surface area (Å²) in [4.78, 5) is 26.6. The molecule has 1 fully saturated rings. The zero-order chi connectivity index (χ0) is 22.1. The first-order chi connectivity index (χ1) is 14.2. The van der Waals surface area contributed by atoms with E-state index in [1.54, 1.807) is 0 Å². The highest BCUT2D eigenvalue weighted by atomic mass is 16.5. The van der Waals surface area contributed by atoms with Gasteiger partial charge in [0.2, 0.25) is 5.91 Å². The van der Waals surface area contributed by atoms with E-state index < -0.39 is 23.5 Å². The van der Waals surface area contributed by atoms with E-state index in [-0.39, 0.29) is 12.0 Å². The molecule has 0 saturated carbocycles. The number of hydrogen-bond donors (Lipinski definition) is 1. The summed E-state index contributed by atoms with van der Waals surface area (Å²) in [5.74, 6) is -0.664. The van der Waals surface area contributed by atoms with Crippen molar-refractivity contribution < 1.29 is 23.8 Å². The van der Waals surface area contributed by atoms with Crippen molar-refractivity contribution in [3.05, 3.63) is 35.9 Å². The fourth-order valence-corrected chi connectivity index (χ4v) is 3.39. The number of amides is 1. The summed E-state index contributed by atoms with van der Waals surface area (Å²) in [7, 11) is 1.33. The number of likely N-dealkylation sites (tertiary alicyclic amines) is 1. The van der Waals surface area contributed by atoms with E-state index in [2.05, 4.69) is 0 Å². The van der Waals surface area contributed by atoms with Crippen molar-refractivity contribution in [3.63, 3.8) is 0 Å². The predicted octanol–water partition coefficient (Wildman–Crippen LogP) is 2.52. The van der Waals surface area contributed by atoms with E-state index in [1.165, 1.54) is 12.0 Å². The van der Waals surface area contributed by atoms with Gasteiger partial charge in [-0.05, 0) is 23.8 Å². The molecule has 1 aliphatic rings. The fraction of sp³-hybridized carbons (Fsp3) is 0.652. The van der Waals surface area contributed by atoms with Crippen LogP contribution in [0.1, 0.15) is 45.6 Å². The summed E-state index contributed by atoms with van der Waals surface area (Å²) in [6, 6.07) is 8.73. The lowest BCUT2D eigenvalue weighted by molar-refractivity contribution is -0.152. The highest BCUT2D eigenvalue weighted by Gasteiger charge is 2.44. The quantitative estimate of drug-likeness (QED) is 0.462. The van der Waals surface area contributed by atoms with Gasteiger partial charge in [-0.2, -0.15) is 0 Å². The zero-order valence-electron chi connectivity index (χ0n) is 18.6. The standard InChI is InChI=1S/C23H36N2O5/c1-23(2,3)20(24)21(26)25-15-18(14-19(25)22(27)28-4)30-13-9-8-12-29-16-17-10-6-5-7-11-17/h5-7,10-11,18-20H,8-9,12-16,24H2,1-4H3/t18-,19+,20-/m1/s1. The number of benzene rings is 1. The summed E-state index contributed by atoms with van der Waals surface area (Å²) < 4.78 is 16.5. The van der Waals surface area contributed by atoms with Gasteiger partial charge in [-0.3, -0.25) is 4.79 Å². The van der Waals surface area contributed by atoms with Gasteiger partial charge in [0.15, 0.2) is 0 Å². The third-order valence-electron chi connectivity index (χ3n) is 5.37. The molecule has 1 aromatic carbocycles. The molecule has 2 N–H and O–H groups in total. The van der Waals surface area contributed by atoms with E-state index in [1.807, 2.05) is 51.1 Å². The predicted molar refractivity (Wildman–Crippen MR) is 115 cm³/mol. The number of esters is 1. The average Bonchev–Trinajstić information content (AvgIpc) is 3.15. The molecule has 0 aliphatic carbocycles. The van der Waals surface area contributed by atoms with Gasteiger partial charge in [0.05, 0.1) is 25.9 Å². The Morgan fingerprint density at radius 1 is 1.17 bits per heavy atom. The van der Waals surface area contributed by atoms with Crippen molar-refractivity contribution in [1.82, 2.24) is 4.90 Å². The Morgan fingerprint density at radius 2 is 1.83 bits per heavy atom. The number of hydrogen-bond acceptors (Lipinski definition) is 6. The first kappa shape index (κ1) is 24.3. The minimum Gasteiger partial charge on any atom is -0.467 e. The molecule has 2 rings (SSSR count). The molecule has 0 spiro atoms. The third-order valence-corrected chi connectivity index (χ3v) is 5.37. The maximum absolute atomic E-state index is 12.9. The second kappa shape index (κ2) is 11.4. The number of carbonyl (C=O) groups excluding carboxylic acids is 2. The van der Waals surface area contributed by atoms with E-state index >= 15 is 0 Å². The molecule has 1 amide bonds. The minimum atomic E-state index is -0.690. The lowest BCUT2D eigenvalue weighted by Crippen LogP contribution is -2.53. The molecule has 7 nitrogen and oxygen atoms in total. The Morgan fingerprint density at radius 3 is 2.47 bits per heavy atom. The lowest BCUT2D eigenvalue weighted by atomic mass is 9.86. The normalized spacial score (nSPS) is 20.2. The maximum Gasteiger partial charge on any atom is 0.328 e. The van der Waals surface area contributed by atoms with E-state index in [4.69, 9.17) is 19.9 Å². The van der Waals surface area contributed by atoms with Crippen LogP contribution in [0.25, 0.3) is 0 Å². The van der Waals surface area contributed by atoms with Crippen LogP contribution in [0, 0.1) is 5.41 Å². The van der Waals surface area contributed by atoms with Crippen molar-refractivity contribution in [1.29, 1.82) is 0 Å². The van der Waals surface area contributed by atoms with Crippen molar-refractivity contribution >= 4 is 11.9 Å². The molecule has 30 heavy (non-hydrogen) atoms. The van der Waals surface area contributed by atoms with Crippen LogP contribution in [0.2, 0.25) is 0 Å². The molecule has 0 radical (unpaired) electrons. The van der Waals surface area contributed by atoms with E-state index in [0.717, 1.165) is 18.4 Å². The number of ether oxygens (including phenoxy) is 3. The van der Waals surface area contributed by atoms with Crippen LogP contribution in [0.15, 0.2) is 30.3 Å². The monoisotopic (exact) mass is 420 g/mol. The highest BCUT2D eigenvalue weighted by molar-refractivity contribution is 5.88. The second-order valence-corrected chi connectivity index (χ2v) is 8.85. The molecule has 0 unspecified atom stereocenters. The smallest absolute Gasteiger partial charge is 0.328 e. The van der Waals surface area contributed by atoms with E-state index in [9.17, 15) is 9.59 Å². The van der Waals surface area contributed by atoms with Gasteiger partial charge in [0.25, 0.3) is 0 Å². The molecule has 7 heteroatoms. The van der Waals surface area contributed by atoms with Crippen LogP contribution in [0.4, 0.5) is 0 Å². The van der Waals surface area contributed by atoms with Crippen molar-refractivity contribution in [2.24, 2.45) is 11.1 Å². The molecule has 0 bridgehead atoms. The van der Waals surface area contributed by atoms with Crippen LogP contribution >= 0.6 is 0 Å². The van der Waals surface area contributed by atoms with Gasteiger partial charge in [0.1, 0.15) is 6.04 Å². The number of unbranched alkanes of at least 4 members (excludes halogenated alkanes) is 1. The molecular weight excluding hydrogens is 384 g/mol. The fourth-order valence-electron chi connectivity index (χ4n) is 3.39. The summed E-state index contributed by atoms with van der Waals surface area (Å²) >= 11 is 0. The molecule has 168 valence electrons. The SMILES string of the molecule is COC(=O)[C@@H]1C[C@@H](OCCCCOCc2ccccc2)CN1C(=O)[C@@H](N)C(C)(C)C. The summed E-state index contributed by atoms with van der Waals surface area (Å²) in [5, 5.41) is 0. The first-order valence-corrected chi connectivity index (χ1v) is 10.6. The van der Waals surface area contributed by atoms with Crippen molar-refractivity contribution in [3.8, 4) is 0 Å². The summed E-state index contributed by atoms with van der Waals surface area (Å²) in [5.41, 5.74) is 6.90. The third kappa shape index (κ3) is 7.07. The topological polar surface area (TPSA) is 91.1 Å². The maximum atomic E-state index is 12.9. The number of nitrogens with two attached hydrogens (primary N) is 1. The minimum absolute atomic E-state index is 0.199. The van der Waals surface area contributed by atoms with Gasteiger partial charge in [0, 0.05) is 26.2 Å². The van der Waals surface area contributed by atoms with Crippen LogP contribution in [-0.4, -0.2) is 61.8 Å². The lowest BCUT2D eigenvalue weighted by Gasteiger charge is -2.32. The van der Waals surface area contributed by atoms with Gasteiger partial charge in [-0.15, -0.1) is 0 Å². The Bertz CT molecular complexity index is 674. The number of methoxy groups -OCH3 is 1. The second-order valence-electron chi connectivity index (χ2n) is 8.85. The van der Waals surface area contributed by atoms with Crippen LogP contribution in [0.5, 0.6) is 0 Å². The molecule has 1 aromatic rings. The summed E-state index contributed by atoms with van der Waals surface area (Å²) in [6.45, 7) is 7.91. The summed E-state index contributed by atoms with van der Waals surface area (Å²) in [6.07, 6.45) is 1.97. The molecule has 1 aliphatic heterocycles. The Hall–Kier alpha value is -1.96. The molecule has 1 saturated heterocycles. The number of rotatable bonds is 10. The van der Waals surface area contributed by atoms with Gasteiger partial charge < -0.3 is 24.8 Å². The van der Waals surface area contributed by atoms with Gasteiger partial charge in [-0.1, -0.05) is 51.1 Å². The largest absolute Gasteiger partial charge is 0.467 e.